The number of amides is 2. The third-order valence-electron chi connectivity index (χ3n) is 5.03. The molecule has 1 N–H and O–H groups in total. The standard InChI is InChI=1S/C19H22F2N2O6S/c1-3-28-17(24)15-11(2)23(13-8-9-30(26,27)10-13)19(25)22-16(15)12-4-6-14(7-5-12)29-18(20)21/h4-7,13,16,18H,3,8-10H2,1-2H3,(H,22,25). The summed E-state index contributed by atoms with van der Waals surface area (Å²) >= 11 is 0. The lowest BCUT2D eigenvalue weighted by Gasteiger charge is -2.38. The molecule has 30 heavy (non-hydrogen) atoms. The Hall–Kier alpha value is -2.69. The van der Waals surface area contributed by atoms with Gasteiger partial charge in [-0.25, -0.2) is 18.0 Å². The molecule has 2 heterocycles. The van der Waals surface area contributed by atoms with Crippen molar-refractivity contribution in [2.45, 2.75) is 39.0 Å². The highest BCUT2D eigenvalue weighted by Crippen LogP contribution is 2.35. The summed E-state index contributed by atoms with van der Waals surface area (Å²) in [7, 11) is -3.26. The van der Waals surface area contributed by atoms with Crippen LogP contribution in [-0.4, -0.2) is 56.1 Å². The van der Waals surface area contributed by atoms with Crippen LogP contribution in [0.2, 0.25) is 0 Å². The summed E-state index contributed by atoms with van der Waals surface area (Å²) in [5.74, 6) is -0.928. The maximum atomic E-state index is 12.8. The van der Waals surface area contributed by atoms with Gasteiger partial charge in [0.2, 0.25) is 0 Å². The number of hydrogen-bond acceptors (Lipinski definition) is 6. The molecular weight excluding hydrogens is 422 g/mol. The van der Waals surface area contributed by atoms with E-state index in [1.165, 1.54) is 29.2 Å². The first-order valence-electron chi connectivity index (χ1n) is 9.35. The average molecular weight is 444 g/mol. The predicted octanol–water partition coefficient (Wildman–Crippen LogP) is 2.38. The molecule has 1 aromatic rings. The number of allylic oxidation sites excluding steroid dienone is 1. The molecule has 8 nitrogen and oxygen atoms in total. The Kier molecular flexibility index (Phi) is 6.30. The van der Waals surface area contributed by atoms with Gasteiger partial charge in [0.05, 0.1) is 35.8 Å². The molecule has 164 valence electrons. The Labute approximate surface area is 172 Å². The highest BCUT2D eigenvalue weighted by Gasteiger charge is 2.42. The van der Waals surface area contributed by atoms with Crippen LogP contribution >= 0.6 is 0 Å². The zero-order chi connectivity index (χ0) is 22.1. The number of alkyl halides is 2. The fraction of sp³-hybridized carbons (Fsp3) is 0.474. The number of sulfone groups is 1. The predicted molar refractivity (Wildman–Crippen MR) is 103 cm³/mol. The molecule has 2 atom stereocenters. The van der Waals surface area contributed by atoms with Crippen LogP contribution in [0.3, 0.4) is 0 Å². The van der Waals surface area contributed by atoms with Gasteiger partial charge in [-0.05, 0) is 38.0 Å². The number of hydrogen-bond donors (Lipinski definition) is 1. The molecule has 0 aromatic heterocycles. The number of nitrogens with one attached hydrogen (secondary N) is 1. The van der Waals surface area contributed by atoms with Gasteiger partial charge < -0.3 is 14.8 Å². The normalized spacial score (nSPS) is 23.5. The van der Waals surface area contributed by atoms with E-state index in [0.29, 0.717) is 11.3 Å². The molecule has 1 aromatic carbocycles. The summed E-state index contributed by atoms with van der Waals surface area (Å²) in [6.07, 6.45) is 0.271. The van der Waals surface area contributed by atoms with Crippen molar-refractivity contribution in [2.24, 2.45) is 0 Å². The van der Waals surface area contributed by atoms with Gasteiger partial charge in [0, 0.05) is 5.70 Å². The number of carbonyl (C=O) groups is 2. The van der Waals surface area contributed by atoms with Crippen LogP contribution in [0.1, 0.15) is 31.9 Å². The van der Waals surface area contributed by atoms with Crippen LogP contribution in [0.15, 0.2) is 35.5 Å². The topological polar surface area (TPSA) is 102 Å². The fourth-order valence-corrected chi connectivity index (χ4v) is 5.44. The van der Waals surface area contributed by atoms with Crippen molar-refractivity contribution in [1.29, 1.82) is 0 Å². The maximum Gasteiger partial charge on any atom is 0.387 e. The Morgan fingerprint density at radius 2 is 1.97 bits per heavy atom. The van der Waals surface area contributed by atoms with Crippen molar-refractivity contribution < 1.29 is 36.3 Å². The average Bonchev–Trinajstić information content (AvgIpc) is 3.01. The number of nitrogens with zero attached hydrogens (tertiary/aromatic N) is 1. The van der Waals surface area contributed by atoms with Gasteiger partial charge in [-0.1, -0.05) is 12.1 Å². The Morgan fingerprint density at radius 3 is 2.50 bits per heavy atom. The number of urea groups is 1. The van der Waals surface area contributed by atoms with Crippen molar-refractivity contribution in [3.05, 3.63) is 41.1 Å². The lowest BCUT2D eigenvalue weighted by molar-refractivity contribution is -0.139. The lowest BCUT2D eigenvalue weighted by atomic mass is 9.94. The number of carbonyl (C=O) groups excluding carboxylic acids is 2. The van der Waals surface area contributed by atoms with Gasteiger partial charge >= 0.3 is 18.6 Å². The second-order valence-corrected chi connectivity index (χ2v) is 9.21. The van der Waals surface area contributed by atoms with Crippen LogP contribution < -0.4 is 10.1 Å². The maximum absolute atomic E-state index is 12.8. The number of rotatable bonds is 6. The second kappa shape index (κ2) is 8.58. The first-order valence-corrected chi connectivity index (χ1v) is 11.2. The molecule has 11 heteroatoms. The van der Waals surface area contributed by atoms with Crippen LogP contribution in [0.5, 0.6) is 5.75 Å². The highest BCUT2D eigenvalue weighted by molar-refractivity contribution is 7.91. The largest absolute Gasteiger partial charge is 0.463 e. The van der Waals surface area contributed by atoms with E-state index in [9.17, 15) is 26.8 Å². The molecule has 0 aliphatic carbocycles. The summed E-state index contributed by atoms with van der Waals surface area (Å²) in [5, 5.41) is 2.71. The van der Waals surface area contributed by atoms with Gasteiger partial charge in [-0.15, -0.1) is 0 Å². The highest BCUT2D eigenvalue weighted by atomic mass is 32.2. The summed E-state index contributed by atoms with van der Waals surface area (Å²) < 4.78 is 58.0. The fourth-order valence-electron chi connectivity index (χ4n) is 3.74. The van der Waals surface area contributed by atoms with E-state index in [0.717, 1.165) is 0 Å². The van der Waals surface area contributed by atoms with E-state index in [1.54, 1.807) is 13.8 Å². The summed E-state index contributed by atoms with van der Waals surface area (Å²) in [6, 6.07) is 3.54. The smallest absolute Gasteiger partial charge is 0.387 e. The third kappa shape index (κ3) is 4.55. The second-order valence-electron chi connectivity index (χ2n) is 6.98. The monoisotopic (exact) mass is 444 g/mol. The van der Waals surface area contributed by atoms with Gasteiger partial charge in [0.15, 0.2) is 9.84 Å². The van der Waals surface area contributed by atoms with Crippen molar-refractivity contribution in [2.75, 3.05) is 18.1 Å². The first-order chi connectivity index (χ1) is 14.1. The van der Waals surface area contributed by atoms with Gasteiger partial charge in [-0.3, -0.25) is 4.90 Å². The number of benzene rings is 1. The minimum Gasteiger partial charge on any atom is -0.463 e. The SMILES string of the molecule is CCOC(=O)C1=C(C)N(C2CCS(=O)(=O)C2)C(=O)NC1c1ccc(OC(F)F)cc1. The molecule has 2 aliphatic heterocycles. The van der Waals surface area contributed by atoms with E-state index in [1.807, 2.05) is 0 Å². The van der Waals surface area contributed by atoms with E-state index in [2.05, 4.69) is 10.1 Å². The minimum absolute atomic E-state index is 0.0293. The van der Waals surface area contributed by atoms with Gasteiger partial charge in [0.25, 0.3) is 0 Å². The summed E-state index contributed by atoms with van der Waals surface area (Å²) in [6.45, 7) is 0.341. The van der Waals surface area contributed by atoms with Crippen LogP contribution in [-0.2, 0) is 19.4 Å². The molecule has 3 rings (SSSR count). The molecule has 0 spiro atoms. The molecule has 0 bridgehead atoms. The third-order valence-corrected chi connectivity index (χ3v) is 6.78. The van der Waals surface area contributed by atoms with Gasteiger partial charge in [-0.2, -0.15) is 8.78 Å². The van der Waals surface area contributed by atoms with E-state index < -0.39 is 40.5 Å². The van der Waals surface area contributed by atoms with Gasteiger partial charge in [0.1, 0.15) is 5.75 Å². The lowest BCUT2D eigenvalue weighted by Crippen LogP contribution is -2.52. The molecule has 1 saturated heterocycles. The van der Waals surface area contributed by atoms with E-state index >= 15 is 0 Å². The number of halogens is 2. The quantitative estimate of drug-likeness (QED) is 0.676. The van der Waals surface area contributed by atoms with E-state index in [-0.39, 0.29) is 35.9 Å². The molecule has 0 saturated carbocycles. The molecule has 2 aliphatic rings. The van der Waals surface area contributed by atoms with Crippen molar-refractivity contribution >= 4 is 21.8 Å². The summed E-state index contributed by atoms with van der Waals surface area (Å²) in [5.41, 5.74) is 0.923. The molecule has 2 amide bonds. The molecule has 2 unspecified atom stereocenters. The van der Waals surface area contributed by atoms with Crippen molar-refractivity contribution in [3.8, 4) is 5.75 Å². The Bertz CT molecular complexity index is 962. The van der Waals surface area contributed by atoms with Crippen molar-refractivity contribution in [1.82, 2.24) is 10.2 Å². The molecule has 0 radical (unpaired) electrons. The number of ether oxygens (including phenoxy) is 2. The first kappa shape index (κ1) is 22.0. The van der Waals surface area contributed by atoms with Crippen LogP contribution in [0.4, 0.5) is 13.6 Å². The van der Waals surface area contributed by atoms with Crippen molar-refractivity contribution in [3.63, 3.8) is 0 Å². The minimum atomic E-state index is -3.26. The molecular formula is C19H22F2N2O6S. The summed E-state index contributed by atoms with van der Waals surface area (Å²) in [4.78, 5) is 26.8. The van der Waals surface area contributed by atoms with E-state index in [4.69, 9.17) is 4.74 Å². The Morgan fingerprint density at radius 1 is 1.30 bits per heavy atom. The zero-order valence-electron chi connectivity index (χ0n) is 16.4. The zero-order valence-corrected chi connectivity index (χ0v) is 17.2. The van der Waals surface area contributed by atoms with Crippen LogP contribution in [0.25, 0.3) is 0 Å². The number of esters is 1. The van der Waals surface area contributed by atoms with Crippen LogP contribution in [0, 0.1) is 0 Å². The molecule has 1 fully saturated rings. The Balaban J connectivity index is 1.99.